The van der Waals surface area contributed by atoms with Crippen LogP contribution in [0.1, 0.15) is 15.9 Å². The maximum atomic E-state index is 12.0. The number of ether oxygens (including phenoxy) is 1. The van der Waals surface area contributed by atoms with E-state index < -0.39 is 5.97 Å². The third kappa shape index (κ3) is 4.93. The second-order valence-corrected chi connectivity index (χ2v) is 4.01. The first-order valence-corrected chi connectivity index (χ1v) is 5.80. The monoisotopic (exact) mass is 263 g/mol. The van der Waals surface area contributed by atoms with Gasteiger partial charge in [0.2, 0.25) is 0 Å². The Labute approximate surface area is 112 Å². The number of hydrogen-bond acceptors (Lipinski definition) is 3. The summed E-state index contributed by atoms with van der Waals surface area (Å²) in [7, 11) is 3.29. The second-order valence-electron chi connectivity index (χ2n) is 4.01. The van der Waals surface area contributed by atoms with E-state index in [4.69, 9.17) is 9.84 Å². The standard InChI is InChI=1S/C14H17NO4/c1-15(9-10-19-2)14(18)12-6-3-11(4-7-12)5-8-13(16)17/h3-8H,9-10H2,1-2H3,(H,16,17). The minimum atomic E-state index is -1.00. The quantitative estimate of drug-likeness (QED) is 0.790. The first-order chi connectivity index (χ1) is 9.04. The first-order valence-electron chi connectivity index (χ1n) is 5.80. The molecule has 0 fully saturated rings. The lowest BCUT2D eigenvalue weighted by Gasteiger charge is -2.16. The Bertz CT molecular complexity index is 465. The van der Waals surface area contributed by atoms with Crippen molar-refractivity contribution in [2.75, 3.05) is 27.3 Å². The predicted molar refractivity (Wildman–Crippen MR) is 71.9 cm³/mol. The number of amides is 1. The third-order valence-corrected chi connectivity index (χ3v) is 2.55. The molecule has 102 valence electrons. The number of hydrogen-bond donors (Lipinski definition) is 1. The van der Waals surface area contributed by atoms with Crippen LogP contribution in [0.15, 0.2) is 30.3 Å². The Balaban J connectivity index is 2.70. The minimum Gasteiger partial charge on any atom is -0.478 e. The highest BCUT2D eigenvalue weighted by Gasteiger charge is 2.10. The van der Waals surface area contributed by atoms with Crippen molar-refractivity contribution in [3.05, 3.63) is 41.5 Å². The van der Waals surface area contributed by atoms with Gasteiger partial charge in [-0.1, -0.05) is 12.1 Å². The van der Waals surface area contributed by atoms with E-state index in [0.29, 0.717) is 18.7 Å². The van der Waals surface area contributed by atoms with Crippen LogP contribution < -0.4 is 0 Å². The van der Waals surface area contributed by atoms with Gasteiger partial charge in [0.1, 0.15) is 0 Å². The lowest BCUT2D eigenvalue weighted by Crippen LogP contribution is -2.29. The number of rotatable bonds is 6. The highest BCUT2D eigenvalue weighted by molar-refractivity contribution is 5.94. The summed E-state index contributed by atoms with van der Waals surface area (Å²) in [5.74, 6) is -1.09. The number of likely N-dealkylation sites (N-methyl/N-ethyl adjacent to an activating group) is 1. The average Bonchev–Trinajstić information content (AvgIpc) is 2.42. The number of carbonyl (C=O) groups excluding carboxylic acids is 1. The molecule has 0 spiro atoms. The molecule has 0 aliphatic carbocycles. The van der Waals surface area contributed by atoms with Gasteiger partial charge in [-0.05, 0) is 23.8 Å². The fourth-order valence-corrected chi connectivity index (χ4v) is 1.45. The van der Waals surface area contributed by atoms with Crippen LogP contribution >= 0.6 is 0 Å². The molecule has 5 nitrogen and oxygen atoms in total. The maximum absolute atomic E-state index is 12.0. The molecule has 1 aromatic rings. The van der Waals surface area contributed by atoms with Crippen LogP contribution in [0.4, 0.5) is 0 Å². The van der Waals surface area contributed by atoms with E-state index in [1.807, 2.05) is 0 Å². The smallest absolute Gasteiger partial charge is 0.328 e. The van der Waals surface area contributed by atoms with Gasteiger partial charge >= 0.3 is 5.97 Å². The van der Waals surface area contributed by atoms with Crippen molar-refractivity contribution in [3.63, 3.8) is 0 Å². The summed E-state index contributed by atoms with van der Waals surface area (Å²) in [6.07, 6.45) is 2.53. The summed E-state index contributed by atoms with van der Waals surface area (Å²) in [4.78, 5) is 23.9. The van der Waals surface area contributed by atoms with Crippen LogP contribution in [0.2, 0.25) is 0 Å². The molecule has 0 bridgehead atoms. The lowest BCUT2D eigenvalue weighted by atomic mass is 10.1. The van der Waals surface area contributed by atoms with Gasteiger partial charge < -0.3 is 14.7 Å². The molecule has 0 unspecified atom stereocenters. The molecule has 1 rings (SSSR count). The normalized spacial score (nSPS) is 10.6. The van der Waals surface area contributed by atoms with E-state index in [1.54, 1.807) is 43.3 Å². The molecule has 1 N–H and O–H groups in total. The van der Waals surface area contributed by atoms with Gasteiger partial charge in [-0.15, -0.1) is 0 Å². The average molecular weight is 263 g/mol. The Kier molecular flexibility index (Phi) is 5.75. The van der Waals surface area contributed by atoms with Gasteiger partial charge in [-0.3, -0.25) is 4.79 Å². The van der Waals surface area contributed by atoms with Gasteiger partial charge in [0.25, 0.3) is 5.91 Å². The fourth-order valence-electron chi connectivity index (χ4n) is 1.45. The summed E-state index contributed by atoms with van der Waals surface area (Å²) in [6, 6.07) is 6.76. The molecule has 0 aliphatic rings. The largest absolute Gasteiger partial charge is 0.478 e. The SMILES string of the molecule is COCCN(C)C(=O)c1ccc(C=CC(=O)O)cc1. The Hall–Kier alpha value is -2.14. The molecule has 19 heavy (non-hydrogen) atoms. The van der Waals surface area contributed by atoms with Crippen LogP contribution in [0.5, 0.6) is 0 Å². The van der Waals surface area contributed by atoms with Crippen molar-refractivity contribution in [1.29, 1.82) is 0 Å². The summed E-state index contributed by atoms with van der Waals surface area (Å²) in [5.41, 5.74) is 1.30. The third-order valence-electron chi connectivity index (χ3n) is 2.55. The van der Waals surface area contributed by atoms with Crippen LogP contribution in [0.3, 0.4) is 0 Å². The lowest BCUT2D eigenvalue weighted by molar-refractivity contribution is -0.131. The molecule has 0 saturated heterocycles. The Morgan fingerprint density at radius 2 is 1.95 bits per heavy atom. The predicted octanol–water partition coefficient (Wildman–Crippen LogP) is 1.50. The van der Waals surface area contributed by atoms with Gasteiger partial charge in [-0.25, -0.2) is 4.79 Å². The molecular formula is C14H17NO4. The molecule has 1 aromatic carbocycles. The molecule has 5 heteroatoms. The molecule has 0 aliphatic heterocycles. The van der Waals surface area contributed by atoms with Crippen molar-refractivity contribution in [3.8, 4) is 0 Å². The van der Waals surface area contributed by atoms with Gasteiger partial charge in [0.15, 0.2) is 0 Å². The van der Waals surface area contributed by atoms with E-state index in [0.717, 1.165) is 11.6 Å². The van der Waals surface area contributed by atoms with E-state index >= 15 is 0 Å². The second kappa shape index (κ2) is 7.33. The molecular weight excluding hydrogens is 246 g/mol. The highest BCUT2D eigenvalue weighted by Crippen LogP contribution is 2.08. The van der Waals surface area contributed by atoms with Crippen molar-refractivity contribution < 1.29 is 19.4 Å². The zero-order valence-electron chi connectivity index (χ0n) is 11.0. The van der Waals surface area contributed by atoms with Crippen LogP contribution in [0.25, 0.3) is 6.08 Å². The van der Waals surface area contributed by atoms with E-state index in [2.05, 4.69) is 0 Å². The summed E-state index contributed by atoms with van der Waals surface area (Å²) < 4.78 is 4.91. The number of nitrogens with zero attached hydrogens (tertiary/aromatic N) is 1. The van der Waals surface area contributed by atoms with Crippen molar-refractivity contribution in [2.45, 2.75) is 0 Å². The minimum absolute atomic E-state index is 0.0918. The van der Waals surface area contributed by atoms with Gasteiger partial charge in [-0.2, -0.15) is 0 Å². The van der Waals surface area contributed by atoms with Crippen LogP contribution in [-0.4, -0.2) is 49.2 Å². The molecule has 0 atom stereocenters. The maximum Gasteiger partial charge on any atom is 0.328 e. The van der Waals surface area contributed by atoms with E-state index in [-0.39, 0.29) is 5.91 Å². The molecule has 0 radical (unpaired) electrons. The van der Waals surface area contributed by atoms with Crippen LogP contribution in [0, 0.1) is 0 Å². The molecule has 0 heterocycles. The number of carbonyl (C=O) groups is 2. The number of methoxy groups -OCH3 is 1. The number of carboxylic acid groups (broad SMARTS) is 1. The summed E-state index contributed by atoms with van der Waals surface area (Å²) >= 11 is 0. The van der Waals surface area contributed by atoms with E-state index in [9.17, 15) is 9.59 Å². The van der Waals surface area contributed by atoms with Gasteiger partial charge in [0, 0.05) is 32.3 Å². The fraction of sp³-hybridized carbons (Fsp3) is 0.286. The van der Waals surface area contributed by atoms with E-state index in [1.165, 1.54) is 6.08 Å². The number of benzene rings is 1. The Morgan fingerprint density at radius 1 is 1.32 bits per heavy atom. The summed E-state index contributed by atoms with van der Waals surface area (Å²) in [5, 5.41) is 8.51. The molecule has 0 aromatic heterocycles. The highest BCUT2D eigenvalue weighted by atomic mass is 16.5. The zero-order chi connectivity index (χ0) is 14.3. The number of carboxylic acids is 1. The van der Waals surface area contributed by atoms with Crippen molar-refractivity contribution >= 4 is 18.0 Å². The summed E-state index contributed by atoms with van der Waals surface area (Å²) in [6.45, 7) is 1.01. The van der Waals surface area contributed by atoms with Crippen molar-refractivity contribution in [2.24, 2.45) is 0 Å². The number of aliphatic carboxylic acids is 1. The molecule has 1 amide bonds. The zero-order valence-corrected chi connectivity index (χ0v) is 11.0. The Morgan fingerprint density at radius 3 is 2.47 bits per heavy atom. The molecule has 0 saturated carbocycles. The van der Waals surface area contributed by atoms with Gasteiger partial charge in [0.05, 0.1) is 6.61 Å². The van der Waals surface area contributed by atoms with Crippen molar-refractivity contribution in [1.82, 2.24) is 4.90 Å². The van der Waals surface area contributed by atoms with Crippen LogP contribution in [-0.2, 0) is 9.53 Å². The first kappa shape index (κ1) is 14.9. The topological polar surface area (TPSA) is 66.8 Å².